The van der Waals surface area contributed by atoms with Crippen LogP contribution in [0.2, 0.25) is 0 Å². The topological polar surface area (TPSA) is 75.6 Å². The molecule has 1 aromatic rings. The molecule has 1 rings (SSSR count). The number of methoxy groups -OCH3 is 1. The summed E-state index contributed by atoms with van der Waals surface area (Å²) < 4.78 is 5.09. The van der Waals surface area contributed by atoms with Crippen molar-refractivity contribution in [3.63, 3.8) is 0 Å². The van der Waals surface area contributed by atoms with E-state index in [9.17, 15) is 9.59 Å². The number of benzene rings is 1. The largest absolute Gasteiger partial charge is 0.497 e. The zero-order chi connectivity index (χ0) is 15.1. The second-order valence-corrected chi connectivity index (χ2v) is 4.39. The Morgan fingerprint density at radius 3 is 2.70 bits per heavy atom. The molecule has 0 amide bonds. The van der Waals surface area contributed by atoms with E-state index in [1.54, 1.807) is 38.3 Å². The number of aliphatic carboxylic acids is 1. The molecule has 0 radical (unpaired) electrons. The number of Topliss-reactive ketones (excluding diaryl/α,β-unsaturated/α-hetero) is 1. The second-order valence-electron chi connectivity index (χ2n) is 4.39. The fourth-order valence-corrected chi connectivity index (χ4v) is 1.89. The minimum absolute atomic E-state index is 0.241. The highest BCUT2D eigenvalue weighted by molar-refractivity contribution is 6.02. The van der Waals surface area contributed by atoms with Crippen molar-refractivity contribution < 1.29 is 19.4 Å². The average molecular weight is 277 g/mol. The van der Waals surface area contributed by atoms with Gasteiger partial charge in [-0.05, 0) is 30.7 Å². The van der Waals surface area contributed by atoms with E-state index in [0.717, 1.165) is 5.56 Å². The van der Waals surface area contributed by atoms with Gasteiger partial charge in [-0.3, -0.25) is 9.59 Å². The minimum atomic E-state index is -1.02. The van der Waals surface area contributed by atoms with E-state index < -0.39 is 12.0 Å². The van der Waals surface area contributed by atoms with Gasteiger partial charge in [0.15, 0.2) is 5.78 Å². The Labute approximate surface area is 118 Å². The third-order valence-corrected chi connectivity index (χ3v) is 2.90. The van der Waals surface area contributed by atoms with Crippen LogP contribution in [0.5, 0.6) is 5.75 Å². The van der Waals surface area contributed by atoms with Crippen LogP contribution in [0, 0.1) is 6.92 Å². The number of carboxylic acid groups (broad SMARTS) is 1. The van der Waals surface area contributed by atoms with E-state index in [1.807, 2.05) is 0 Å². The van der Waals surface area contributed by atoms with Gasteiger partial charge in [0.05, 0.1) is 19.6 Å². The Bertz CT molecular complexity index is 511. The number of hydrogen-bond acceptors (Lipinski definition) is 4. The fourth-order valence-electron chi connectivity index (χ4n) is 1.89. The summed E-state index contributed by atoms with van der Waals surface area (Å²) in [5, 5.41) is 11.8. The van der Waals surface area contributed by atoms with Gasteiger partial charge >= 0.3 is 5.97 Å². The second kappa shape index (κ2) is 7.45. The summed E-state index contributed by atoms with van der Waals surface area (Å²) in [5.74, 6) is -0.603. The third kappa shape index (κ3) is 4.20. The maximum atomic E-state index is 12.4. The van der Waals surface area contributed by atoms with Crippen LogP contribution in [-0.4, -0.2) is 36.6 Å². The first-order chi connectivity index (χ1) is 9.49. The molecule has 5 nitrogen and oxygen atoms in total. The lowest BCUT2D eigenvalue weighted by Crippen LogP contribution is -2.39. The van der Waals surface area contributed by atoms with Crippen LogP contribution in [-0.2, 0) is 4.79 Å². The molecule has 0 aromatic heterocycles. The van der Waals surface area contributed by atoms with Crippen molar-refractivity contribution in [2.75, 3.05) is 13.7 Å². The summed E-state index contributed by atoms with van der Waals surface area (Å²) in [6.07, 6.45) is 1.32. The van der Waals surface area contributed by atoms with E-state index in [1.165, 1.54) is 0 Å². The minimum Gasteiger partial charge on any atom is -0.497 e. The molecule has 0 aliphatic rings. The monoisotopic (exact) mass is 277 g/mol. The lowest BCUT2D eigenvalue weighted by molar-refractivity contribution is -0.137. The van der Waals surface area contributed by atoms with Crippen LogP contribution in [0.4, 0.5) is 0 Å². The number of ether oxygens (including phenoxy) is 1. The lowest BCUT2D eigenvalue weighted by Gasteiger charge is -2.16. The maximum absolute atomic E-state index is 12.4. The van der Waals surface area contributed by atoms with Gasteiger partial charge in [0.25, 0.3) is 0 Å². The first-order valence-corrected chi connectivity index (χ1v) is 6.24. The number of ketones is 1. The number of carbonyl (C=O) groups excluding carboxylic acids is 1. The highest BCUT2D eigenvalue weighted by atomic mass is 16.5. The Kier molecular flexibility index (Phi) is 5.93. The predicted molar refractivity (Wildman–Crippen MR) is 76.3 cm³/mol. The van der Waals surface area contributed by atoms with Gasteiger partial charge in [0.2, 0.25) is 0 Å². The maximum Gasteiger partial charge on any atom is 0.305 e. The van der Waals surface area contributed by atoms with E-state index in [-0.39, 0.29) is 12.2 Å². The van der Waals surface area contributed by atoms with Crippen LogP contribution in [0.3, 0.4) is 0 Å². The van der Waals surface area contributed by atoms with E-state index in [4.69, 9.17) is 9.84 Å². The summed E-state index contributed by atoms with van der Waals surface area (Å²) in [4.78, 5) is 23.3. The van der Waals surface area contributed by atoms with Crippen molar-refractivity contribution in [1.29, 1.82) is 0 Å². The first kappa shape index (κ1) is 15.9. The van der Waals surface area contributed by atoms with E-state index in [2.05, 4.69) is 11.9 Å². The third-order valence-electron chi connectivity index (χ3n) is 2.90. The number of aryl methyl sites for hydroxylation is 1. The molecular formula is C15H19NO4. The molecule has 108 valence electrons. The molecule has 0 saturated carbocycles. The highest BCUT2D eigenvalue weighted by Crippen LogP contribution is 2.19. The van der Waals surface area contributed by atoms with Gasteiger partial charge in [0, 0.05) is 12.1 Å². The smallest absolute Gasteiger partial charge is 0.305 e. The molecule has 1 atom stereocenters. The number of carboxylic acids is 1. The molecule has 0 bridgehead atoms. The van der Waals surface area contributed by atoms with Crippen LogP contribution in [0.15, 0.2) is 30.9 Å². The van der Waals surface area contributed by atoms with Crippen LogP contribution in [0.1, 0.15) is 22.3 Å². The van der Waals surface area contributed by atoms with Gasteiger partial charge in [-0.1, -0.05) is 6.08 Å². The number of hydrogen-bond donors (Lipinski definition) is 2. The molecule has 20 heavy (non-hydrogen) atoms. The van der Waals surface area contributed by atoms with Gasteiger partial charge < -0.3 is 15.2 Å². The molecule has 2 N–H and O–H groups in total. The molecule has 0 saturated heterocycles. The average Bonchev–Trinajstić information content (AvgIpc) is 2.42. The Hall–Kier alpha value is -2.14. The SMILES string of the molecule is C=CCNC(CC(=O)O)C(=O)c1ccc(OC)cc1C. The molecule has 1 aromatic carbocycles. The number of nitrogens with one attached hydrogen (secondary N) is 1. The number of rotatable bonds is 8. The standard InChI is InChI=1S/C15H19NO4/c1-4-7-16-13(9-14(17)18)15(19)12-6-5-11(20-3)8-10(12)2/h4-6,8,13,16H,1,7,9H2,2-3H3,(H,17,18). The van der Waals surface area contributed by atoms with Crippen molar-refractivity contribution in [3.05, 3.63) is 42.0 Å². The number of carbonyl (C=O) groups is 2. The zero-order valence-corrected chi connectivity index (χ0v) is 11.7. The summed E-state index contributed by atoms with van der Waals surface area (Å²) in [7, 11) is 1.55. The molecule has 0 aliphatic carbocycles. The fraction of sp³-hybridized carbons (Fsp3) is 0.333. The predicted octanol–water partition coefficient (Wildman–Crippen LogP) is 1.81. The summed E-state index contributed by atoms with van der Waals surface area (Å²) in [6.45, 7) is 5.71. The quantitative estimate of drug-likeness (QED) is 0.560. The van der Waals surface area contributed by atoms with Crippen LogP contribution >= 0.6 is 0 Å². The summed E-state index contributed by atoms with van der Waals surface area (Å²) >= 11 is 0. The first-order valence-electron chi connectivity index (χ1n) is 6.24. The van der Waals surface area contributed by atoms with Gasteiger partial charge in [-0.25, -0.2) is 0 Å². The molecule has 0 aliphatic heterocycles. The summed E-state index contributed by atoms with van der Waals surface area (Å²) in [6, 6.07) is 4.32. The Balaban J connectivity index is 2.98. The molecule has 0 fully saturated rings. The van der Waals surface area contributed by atoms with E-state index in [0.29, 0.717) is 17.9 Å². The molecule has 0 heterocycles. The molecule has 5 heteroatoms. The highest BCUT2D eigenvalue weighted by Gasteiger charge is 2.23. The summed E-state index contributed by atoms with van der Waals surface area (Å²) in [5.41, 5.74) is 1.25. The van der Waals surface area contributed by atoms with Crippen molar-refractivity contribution in [2.45, 2.75) is 19.4 Å². The van der Waals surface area contributed by atoms with Gasteiger partial charge in [-0.2, -0.15) is 0 Å². The molecule has 0 spiro atoms. The van der Waals surface area contributed by atoms with Crippen molar-refractivity contribution in [1.82, 2.24) is 5.32 Å². The lowest BCUT2D eigenvalue weighted by atomic mass is 9.97. The van der Waals surface area contributed by atoms with Crippen molar-refractivity contribution >= 4 is 11.8 Å². The zero-order valence-electron chi connectivity index (χ0n) is 11.7. The Morgan fingerprint density at radius 1 is 1.50 bits per heavy atom. The van der Waals surface area contributed by atoms with Gasteiger partial charge in [0.1, 0.15) is 5.75 Å². The van der Waals surface area contributed by atoms with Crippen LogP contribution < -0.4 is 10.1 Å². The Morgan fingerprint density at radius 2 is 2.20 bits per heavy atom. The van der Waals surface area contributed by atoms with Crippen molar-refractivity contribution in [3.8, 4) is 5.75 Å². The normalized spacial score (nSPS) is 11.7. The van der Waals surface area contributed by atoms with Crippen molar-refractivity contribution in [2.24, 2.45) is 0 Å². The van der Waals surface area contributed by atoms with Crippen LogP contribution in [0.25, 0.3) is 0 Å². The molecular weight excluding hydrogens is 258 g/mol. The van der Waals surface area contributed by atoms with E-state index >= 15 is 0 Å². The molecule has 1 unspecified atom stereocenters. The van der Waals surface area contributed by atoms with Gasteiger partial charge in [-0.15, -0.1) is 6.58 Å².